The maximum atomic E-state index is 10.2. The Morgan fingerprint density at radius 3 is 2.42 bits per heavy atom. The number of hydrogen-bond donors (Lipinski definition) is 3. The standard InChI is InChI=1S/C16H19NO2/c1-11-7-8-13(14(18)9-11)16(17)15(19)10-12-5-3-2-4-6-12/h2-9,15-16,18-19H,10,17H2,1H3/t15-,16+/m1/s1. The number of benzene rings is 2. The van der Waals surface area contributed by atoms with Gasteiger partial charge in [0.1, 0.15) is 5.75 Å². The number of nitrogens with two attached hydrogens (primary N) is 1. The Morgan fingerprint density at radius 1 is 1.11 bits per heavy atom. The Morgan fingerprint density at radius 2 is 1.79 bits per heavy atom. The minimum Gasteiger partial charge on any atom is -0.508 e. The Hall–Kier alpha value is -1.84. The predicted octanol–water partition coefficient (Wildman–Crippen LogP) is 2.30. The lowest BCUT2D eigenvalue weighted by Gasteiger charge is -2.20. The zero-order chi connectivity index (χ0) is 13.8. The summed E-state index contributed by atoms with van der Waals surface area (Å²) < 4.78 is 0. The molecule has 2 atom stereocenters. The molecule has 0 radical (unpaired) electrons. The van der Waals surface area contributed by atoms with Crippen LogP contribution in [0, 0.1) is 6.92 Å². The molecule has 0 saturated carbocycles. The van der Waals surface area contributed by atoms with Gasteiger partial charge in [-0.1, -0.05) is 42.5 Å². The van der Waals surface area contributed by atoms with Crippen LogP contribution in [0.5, 0.6) is 5.75 Å². The summed E-state index contributed by atoms with van der Waals surface area (Å²) in [6.07, 6.45) is -0.258. The monoisotopic (exact) mass is 257 g/mol. The van der Waals surface area contributed by atoms with Crippen molar-refractivity contribution in [1.29, 1.82) is 0 Å². The summed E-state index contributed by atoms with van der Waals surface area (Å²) in [6.45, 7) is 1.90. The van der Waals surface area contributed by atoms with Gasteiger partial charge in [-0.2, -0.15) is 0 Å². The average Bonchev–Trinajstić information content (AvgIpc) is 2.39. The van der Waals surface area contributed by atoms with Crippen molar-refractivity contribution >= 4 is 0 Å². The van der Waals surface area contributed by atoms with Crippen LogP contribution >= 0.6 is 0 Å². The third kappa shape index (κ3) is 3.34. The second-order valence-corrected chi connectivity index (χ2v) is 4.85. The van der Waals surface area contributed by atoms with E-state index in [9.17, 15) is 10.2 Å². The Kier molecular flexibility index (Phi) is 4.20. The highest BCUT2D eigenvalue weighted by Crippen LogP contribution is 2.26. The summed E-state index contributed by atoms with van der Waals surface area (Å²) in [5, 5.41) is 20.1. The van der Waals surface area contributed by atoms with Gasteiger partial charge in [0.15, 0.2) is 0 Å². The molecule has 0 spiro atoms. The second kappa shape index (κ2) is 5.87. The molecule has 0 aliphatic rings. The summed E-state index contributed by atoms with van der Waals surface area (Å²) in [5.74, 6) is 0.139. The van der Waals surface area contributed by atoms with E-state index in [0.29, 0.717) is 12.0 Å². The van der Waals surface area contributed by atoms with Crippen molar-refractivity contribution in [2.24, 2.45) is 5.73 Å². The number of aliphatic hydroxyl groups is 1. The molecule has 3 heteroatoms. The van der Waals surface area contributed by atoms with E-state index >= 15 is 0 Å². The normalized spacial score (nSPS) is 14.1. The van der Waals surface area contributed by atoms with Crippen LogP contribution in [-0.2, 0) is 6.42 Å². The van der Waals surface area contributed by atoms with Gasteiger partial charge in [0, 0.05) is 12.0 Å². The minimum absolute atomic E-state index is 0.139. The highest BCUT2D eigenvalue weighted by atomic mass is 16.3. The van der Waals surface area contributed by atoms with E-state index < -0.39 is 12.1 Å². The van der Waals surface area contributed by atoms with E-state index in [2.05, 4.69) is 0 Å². The Labute approximate surface area is 113 Å². The van der Waals surface area contributed by atoms with E-state index in [4.69, 9.17) is 5.73 Å². The van der Waals surface area contributed by atoms with Crippen molar-refractivity contribution in [3.63, 3.8) is 0 Å². The van der Waals surface area contributed by atoms with Crippen LogP contribution in [0.1, 0.15) is 22.7 Å². The molecule has 2 rings (SSSR count). The third-order valence-electron chi connectivity index (χ3n) is 3.25. The van der Waals surface area contributed by atoms with E-state index in [1.54, 1.807) is 12.1 Å². The molecule has 0 aliphatic heterocycles. The van der Waals surface area contributed by atoms with Crippen LogP contribution in [0.15, 0.2) is 48.5 Å². The molecule has 100 valence electrons. The van der Waals surface area contributed by atoms with Gasteiger partial charge in [-0.3, -0.25) is 0 Å². The number of phenolic OH excluding ortho intramolecular Hbond substituents is 1. The van der Waals surface area contributed by atoms with E-state index in [1.165, 1.54) is 0 Å². The summed E-state index contributed by atoms with van der Waals surface area (Å²) in [7, 11) is 0. The first-order chi connectivity index (χ1) is 9.08. The quantitative estimate of drug-likeness (QED) is 0.787. The fourth-order valence-electron chi connectivity index (χ4n) is 2.13. The van der Waals surface area contributed by atoms with Gasteiger partial charge < -0.3 is 15.9 Å². The number of aromatic hydroxyl groups is 1. The van der Waals surface area contributed by atoms with Crippen molar-refractivity contribution in [2.75, 3.05) is 0 Å². The number of hydrogen-bond acceptors (Lipinski definition) is 3. The highest BCUT2D eigenvalue weighted by Gasteiger charge is 2.20. The topological polar surface area (TPSA) is 66.5 Å². The summed E-state index contributed by atoms with van der Waals surface area (Å²) in [5.41, 5.74) is 8.59. The SMILES string of the molecule is Cc1ccc([C@H](N)[C@H](O)Cc2ccccc2)c(O)c1. The molecule has 0 saturated heterocycles. The molecule has 0 fully saturated rings. The minimum atomic E-state index is -0.726. The number of rotatable bonds is 4. The molecule has 0 aromatic heterocycles. The van der Waals surface area contributed by atoms with Crippen LogP contribution < -0.4 is 5.73 Å². The van der Waals surface area contributed by atoms with Gasteiger partial charge in [-0.15, -0.1) is 0 Å². The molecule has 4 N–H and O–H groups in total. The molecule has 2 aromatic carbocycles. The van der Waals surface area contributed by atoms with E-state index in [0.717, 1.165) is 11.1 Å². The molecular formula is C16H19NO2. The maximum Gasteiger partial charge on any atom is 0.120 e. The lowest BCUT2D eigenvalue weighted by Crippen LogP contribution is -2.28. The molecule has 0 bridgehead atoms. The van der Waals surface area contributed by atoms with Gasteiger partial charge in [0.2, 0.25) is 0 Å². The number of phenols is 1. The number of aliphatic hydroxyl groups excluding tert-OH is 1. The summed E-state index contributed by atoms with van der Waals surface area (Å²) in [4.78, 5) is 0. The van der Waals surface area contributed by atoms with Crippen LogP contribution in [0.2, 0.25) is 0 Å². The summed E-state index contributed by atoms with van der Waals surface area (Å²) in [6, 6.07) is 14.4. The first kappa shape index (κ1) is 13.6. The largest absolute Gasteiger partial charge is 0.508 e. The van der Waals surface area contributed by atoms with Crippen LogP contribution in [0.3, 0.4) is 0 Å². The first-order valence-corrected chi connectivity index (χ1v) is 6.35. The van der Waals surface area contributed by atoms with Gasteiger partial charge in [0.05, 0.1) is 12.1 Å². The van der Waals surface area contributed by atoms with Crippen molar-refractivity contribution < 1.29 is 10.2 Å². The molecule has 0 aliphatic carbocycles. The Bertz CT molecular complexity index is 540. The molecule has 3 nitrogen and oxygen atoms in total. The van der Waals surface area contributed by atoms with Crippen LogP contribution in [0.25, 0.3) is 0 Å². The maximum absolute atomic E-state index is 10.2. The van der Waals surface area contributed by atoms with Gasteiger partial charge in [0.25, 0.3) is 0 Å². The zero-order valence-corrected chi connectivity index (χ0v) is 11.0. The van der Waals surface area contributed by atoms with Crippen molar-refractivity contribution in [1.82, 2.24) is 0 Å². The van der Waals surface area contributed by atoms with E-state index in [1.807, 2.05) is 43.3 Å². The molecule has 0 amide bonds. The first-order valence-electron chi connectivity index (χ1n) is 6.35. The lowest BCUT2D eigenvalue weighted by molar-refractivity contribution is 0.143. The van der Waals surface area contributed by atoms with Gasteiger partial charge in [-0.05, 0) is 24.1 Å². The zero-order valence-electron chi connectivity index (χ0n) is 11.0. The molecule has 2 aromatic rings. The smallest absolute Gasteiger partial charge is 0.120 e. The molecular weight excluding hydrogens is 238 g/mol. The van der Waals surface area contributed by atoms with Crippen molar-refractivity contribution in [2.45, 2.75) is 25.5 Å². The highest BCUT2D eigenvalue weighted by molar-refractivity contribution is 5.38. The van der Waals surface area contributed by atoms with Gasteiger partial charge in [-0.25, -0.2) is 0 Å². The fourth-order valence-corrected chi connectivity index (χ4v) is 2.13. The Balaban J connectivity index is 2.12. The lowest BCUT2D eigenvalue weighted by atomic mass is 9.95. The summed E-state index contributed by atoms with van der Waals surface area (Å²) >= 11 is 0. The van der Waals surface area contributed by atoms with Crippen molar-refractivity contribution in [3.8, 4) is 5.75 Å². The molecule has 0 heterocycles. The average molecular weight is 257 g/mol. The van der Waals surface area contributed by atoms with Crippen molar-refractivity contribution in [3.05, 3.63) is 65.2 Å². The van der Waals surface area contributed by atoms with Gasteiger partial charge >= 0.3 is 0 Å². The molecule has 19 heavy (non-hydrogen) atoms. The van der Waals surface area contributed by atoms with Crippen LogP contribution in [0.4, 0.5) is 0 Å². The van der Waals surface area contributed by atoms with E-state index in [-0.39, 0.29) is 5.75 Å². The molecule has 0 unspecified atom stereocenters. The second-order valence-electron chi connectivity index (χ2n) is 4.85. The predicted molar refractivity (Wildman–Crippen MR) is 75.9 cm³/mol. The third-order valence-corrected chi connectivity index (χ3v) is 3.25. The van der Waals surface area contributed by atoms with Crippen LogP contribution in [-0.4, -0.2) is 16.3 Å². The fraction of sp³-hybridized carbons (Fsp3) is 0.250. The number of aryl methyl sites for hydroxylation is 1.